The molecule has 0 saturated heterocycles. The Bertz CT molecular complexity index is 1150. The summed E-state index contributed by atoms with van der Waals surface area (Å²) in [4.78, 5) is 12.2. The number of carbonyl (C=O) groups excluding carboxylic acids is 1. The number of unbranched alkanes of at least 4 members (excludes halogenated alkanes) is 2. The highest BCUT2D eigenvalue weighted by Crippen LogP contribution is 2.39. The van der Waals surface area contributed by atoms with Crippen molar-refractivity contribution in [2.45, 2.75) is 103 Å². The zero-order valence-corrected chi connectivity index (χ0v) is 26.0. The van der Waals surface area contributed by atoms with E-state index in [0.29, 0.717) is 17.4 Å². The largest absolute Gasteiger partial charge is 0.491 e. The summed E-state index contributed by atoms with van der Waals surface area (Å²) in [5.74, 6) is 3.36. The number of benzene rings is 2. The molecule has 0 aliphatic heterocycles. The summed E-state index contributed by atoms with van der Waals surface area (Å²) < 4.78 is 11.1. The van der Waals surface area contributed by atoms with Crippen LogP contribution in [0.5, 0.6) is 5.75 Å². The van der Waals surface area contributed by atoms with Crippen LogP contribution in [0.4, 0.5) is 0 Å². The second kappa shape index (κ2) is 16.7. The number of aliphatic hydroxyl groups is 1. The van der Waals surface area contributed by atoms with E-state index in [4.69, 9.17) is 14.6 Å². The predicted octanol–water partition coefficient (Wildman–Crippen LogP) is 9.56. The highest BCUT2D eigenvalue weighted by molar-refractivity contribution is 5.87. The topological polar surface area (TPSA) is 55.8 Å². The van der Waals surface area contributed by atoms with Crippen molar-refractivity contribution in [3.8, 4) is 16.9 Å². The number of hydrogen-bond acceptors (Lipinski definition) is 4. The van der Waals surface area contributed by atoms with E-state index in [-0.39, 0.29) is 25.8 Å². The van der Waals surface area contributed by atoms with E-state index < -0.39 is 0 Å². The number of esters is 1. The molecule has 1 N–H and O–H groups in total. The summed E-state index contributed by atoms with van der Waals surface area (Å²) in [6.45, 7) is 8.18. The van der Waals surface area contributed by atoms with Gasteiger partial charge in [0.2, 0.25) is 0 Å². The molecule has 2 aliphatic carbocycles. The lowest BCUT2D eigenvalue weighted by Gasteiger charge is -2.29. The molecule has 2 fully saturated rings. The SMILES string of the molecule is C=C(C)C(=O)OCc1cc(C2CCC(/C=C/C3CCC(CCCCC)CC3)CC2)ccc1-c1ccc(OCCO)cc1. The van der Waals surface area contributed by atoms with Gasteiger partial charge in [-0.05, 0) is 116 Å². The molecule has 0 atom stereocenters. The summed E-state index contributed by atoms with van der Waals surface area (Å²) in [7, 11) is 0. The van der Waals surface area contributed by atoms with E-state index in [0.717, 1.165) is 34.3 Å². The molecule has 228 valence electrons. The van der Waals surface area contributed by atoms with Crippen LogP contribution in [0.2, 0.25) is 0 Å². The lowest BCUT2D eigenvalue weighted by Crippen LogP contribution is -2.15. The summed E-state index contributed by atoms with van der Waals surface area (Å²) >= 11 is 0. The molecule has 4 nitrogen and oxygen atoms in total. The fraction of sp³-hybridized carbons (Fsp3) is 0.553. The number of hydrogen-bond donors (Lipinski definition) is 1. The molecule has 0 spiro atoms. The van der Waals surface area contributed by atoms with Crippen LogP contribution < -0.4 is 4.74 Å². The number of allylic oxidation sites excluding steroid dienone is 2. The monoisotopic (exact) mass is 572 g/mol. The maximum Gasteiger partial charge on any atom is 0.333 e. The molecule has 0 radical (unpaired) electrons. The van der Waals surface area contributed by atoms with E-state index in [1.807, 2.05) is 24.3 Å². The van der Waals surface area contributed by atoms with E-state index in [1.54, 1.807) is 6.92 Å². The number of ether oxygens (including phenoxy) is 2. The Kier molecular flexibility index (Phi) is 12.8. The third kappa shape index (κ3) is 9.59. The van der Waals surface area contributed by atoms with Gasteiger partial charge in [0.15, 0.2) is 0 Å². The van der Waals surface area contributed by atoms with Crippen molar-refractivity contribution in [2.75, 3.05) is 13.2 Å². The Morgan fingerprint density at radius 3 is 2.21 bits per heavy atom. The van der Waals surface area contributed by atoms with Gasteiger partial charge in [-0.25, -0.2) is 4.79 Å². The minimum atomic E-state index is -0.364. The fourth-order valence-corrected chi connectivity index (χ4v) is 6.74. The van der Waals surface area contributed by atoms with Crippen molar-refractivity contribution in [3.05, 3.63) is 77.9 Å². The number of aliphatic hydroxyl groups excluding tert-OH is 1. The molecule has 2 saturated carbocycles. The first kappa shape index (κ1) is 32.1. The average Bonchev–Trinajstić information content (AvgIpc) is 3.02. The van der Waals surface area contributed by atoms with Gasteiger partial charge < -0.3 is 14.6 Å². The van der Waals surface area contributed by atoms with Crippen LogP contribution in [0.25, 0.3) is 11.1 Å². The first-order chi connectivity index (χ1) is 20.5. The lowest BCUT2D eigenvalue weighted by atomic mass is 9.76. The van der Waals surface area contributed by atoms with Gasteiger partial charge in [0, 0.05) is 5.57 Å². The van der Waals surface area contributed by atoms with Crippen molar-refractivity contribution in [2.24, 2.45) is 17.8 Å². The Morgan fingerprint density at radius 1 is 0.929 bits per heavy atom. The summed E-state index contributed by atoms with van der Waals surface area (Å²) in [6, 6.07) is 14.5. The Labute approximate surface area is 254 Å². The lowest BCUT2D eigenvalue weighted by molar-refractivity contribution is -0.140. The maximum absolute atomic E-state index is 12.2. The fourth-order valence-electron chi connectivity index (χ4n) is 6.74. The highest BCUT2D eigenvalue weighted by Gasteiger charge is 2.24. The van der Waals surface area contributed by atoms with E-state index in [2.05, 4.69) is 43.9 Å². The summed E-state index contributed by atoms with van der Waals surface area (Å²) in [6.07, 6.45) is 21.2. The summed E-state index contributed by atoms with van der Waals surface area (Å²) in [5.41, 5.74) is 4.86. The van der Waals surface area contributed by atoms with Gasteiger partial charge in [0.05, 0.1) is 6.61 Å². The molecule has 0 heterocycles. The third-order valence-electron chi connectivity index (χ3n) is 9.37. The molecule has 0 bridgehead atoms. The molecular formula is C38H52O4. The van der Waals surface area contributed by atoms with Crippen molar-refractivity contribution in [1.82, 2.24) is 0 Å². The highest BCUT2D eigenvalue weighted by atomic mass is 16.5. The van der Waals surface area contributed by atoms with Crippen molar-refractivity contribution >= 4 is 5.97 Å². The van der Waals surface area contributed by atoms with Gasteiger partial charge in [0.25, 0.3) is 0 Å². The molecule has 2 aromatic carbocycles. The molecule has 2 aliphatic rings. The molecular weight excluding hydrogens is 520 g/mol. The molecule has 0 unspecified atom stereocenters. The minimum Gasteiger partial charge on any atom is -0.491 e. The Hall–Kier alpha value is -2.85. The van der Waals surface area contributed by atoms with Crippen molar-refractivity contribution < 1.29 is 19.4 Å². The van der Waals surface area contributed by atoms with Crippen LogP contribution in [0.3, 0.4) is 0 Å². The van der Waals surface area contributed by atoms with Gasteiger partial charge in [0.1, 0.15) is 19.0 Å². The molecule has 4 heteroatoms. The van der Waals surface area contributed by atoms with Crippen LogP contribution in [0.15, 0.2) is 66.8 Å². The standard InChI is InChI=1S/C38H52O4/c1-4-5-6-7-29-8-10-30(11-9-29)12-13-31-14-16-32(17-15-31)34-20-23-37(35(26-34)27-42-38(40)28(2)3)33-18-21-36(22-19-33)41-25-24-39/h12-13,18-23,26,29-32,39H,2,4-11,14-17,24-25,27H2,1,3H3/b13-12+. The Balaban J connectivity index is 1.35. The van der Waals surface area contributed by atoms with Crippen LogP contribution >= 0.6 is 0 Å². The number of rotatable bonds is 14. The first-order valence-electron chi connectivity index (χ1n) is 16.4. The molecule has 2 aromatic rings. The second-order valence-electron chi connectivity index (χ2n) is 12.6. The molecule has 42 heavy (non-hydrogen) atoms. The van der Waals surface area contributed by atoms with Crippen LogP contribution in [-0.2, 0) is 16.1 Å². The average molecular weight is 573 g/mol. The predicted molar refractivity (Wildman–Crippen MR) is 172 cm³/mol. The smallest absolute Gasteiger partial charge is 0.333 e. The molecule has 0 amide bonds. The zero-order chi connectivity index (χ0) is 29.7. The van der Waals surface area contributed by atoms with Crippen LogP contribution in [0, 0.1) is 17.8 Å². The van der Waals surface area contributed by atoms with Crippen molar-refractivity contribution in [3.63, 3.8) is 0 Å². The molecule has 0 aromatic heterocycles. The van der Waals surface area contributed by atoms with Gasteiger partial charge >= 0.3 is 5.97 Å². The van der Waals surface area contributed by atoms with Gasteiger partial charge in [-0.15, -0.1) is 0 Å². The normalized spacial score (nSPS) is 22.6. The maximum atomic E-state index is 12.2. The van der Waals surface area contributed by atoms with E-state index in [1.165, 1.54) is 82.6 Å². The summed E-state index contributed by atoms with van der Waals surface area (Å²) in [5, 5.41) is 9.03. The van der Waals surface area contributed by atoms with Crippen LogP contribution in [0.1, 0.15) is 108 Å². The number of carbonyl (C=O) groups is 1. The Morgan fingerprint density at radius 2 is 1.60 bits per heavy atom. The van der Waals surface area contributed by atoms with E-state index in [9.17, 15) is 4.79 Å². The third-order valence-corrected chi connectivity index (χ3v) is 9.37. The van der Waals surface area contributed by atoms with Crippen molar-refractivity contribution in [1.29, 1.82) is 0 Å². The van der Waals surface area contributed by atoms with Gasteiger partial charge in [-0.1, -0.05) is 81.7 Å². The van der Waals surface area contributed by atoms with E-state index >= 15 is 0 Å². The first-order valence-corrected chi connectivity index (χ1v) is 16.4. The van der Waals surface area contributed by atoms with Gasteiger partial charge in [-0.3, -0.25) is 0 Å². The van der Waals surface area contributed by atoms with Crippen LogP contribution in [-0.4, -0.2) is 24.3 Å². The van der Waals surface area contributed by atoms with Gasteiger partial charge in [-0.2, -0.15) is 0 Å². The zero-order valence-electron chi connectivity index (χ0n) is 26.0. The molecule has 4 rings (SSSR count). The minimum absolute atomic E-state index is 0.0141. The second-order valence-corrected chi connectivity index (χ2v) is 12.6. The quantitative estimate of drug-likeness (QED) is 0.106.